The largest absolute Gasteiger partial charge is 0.0882 e. The van der Waals surface area contributed by atoms with Crippen molar-refractivity contribution >= 4 is 0 Å². The SMILES string of the molecule is C1=CC/C=C\CCCC/C=C\C1. The van der Waals surface area contributed by atoms with Crippen LogP contribution in [0.1, 0.15) is 38.5 Å². The third-order valence-electron chi connectivity index (χ3n) is 2.04. The average Bonchev–Trinajstić information content (AvgIpc) is 2.05. The summed E-state index contributed by atoms with van der Waals surface area (Å²) in [5.74, 6) is 0. The van der Waals surface area contributed by atoms with Gasteiger partial charge in [-0.3, -0.25) is 0 Å². The Bertz CT molecular complexity index is 152. The first-order valence-electron chi connectivity index (χ1n) is 4.95. The van der Waals surface area contributed by atoms with Crippen LogP contribution in [0.5, 0.6) is 0 Å². The van der Waals surface area contributed by atoms with E-state index in [-0.39, 0.29) is 0 Å². The lowest BCUT2D eigenvalue weighted by molar-refractivity contribution is 0.760. The Morgan fingerprint density at radius 3 is 1.42 bits per heavy atom. The smallest absolute Gasteiger partial charge is 0.0169 e. The lowest BCUT2D eigenvalue weighted by atomic mass is 10.1. The third-order valence-corrected chi connectivity index (χ3v) is 2.04. The molecule has 0 amide bonds. The monoisotopic (exact) mass is 162 g/mol. The summed E-state index contributed by atoms with van der Waals surface area (Å²) in [6, 6.07) is 0. The molecule has 1 aliphatic carbocycles. The van der Waals surface area contributed by atoms with Gasteiger partial charge in [-0.1, -0.05) is 36.5 Å². The molecule has 0 heterocycles. The minimum atomic E-state index is 1.10. The predicted octanol–water partition coefficient (Wildman–Crippen LogP) is 4.01. The van der Waals surface area contributed by atoms with E-state index < -0.39 is 0 Å². The van der Waals surface area contributed by atoms with Gasteiger partial charge in [-0.2, -0.15) is 0 Å². The molecule has 0 aromatic carbocycles. The number of allylic oxidation sites excluding steroid dienone is 6. The van der Waals surface area contributed by atoms with E-state index in [2.05, 4.69) is 36.5 Å². The molecule has 0 bridgehead atoms. The van der Waals surface area contributed by atoms with E-state index in [0.29, 0.717) is 0 Å². The first-order valence-corrected chi connectivity index (χ1v) is 4.95. The Morgan fingerprint density at radius 2 is 0.917 bits per heavy atom. The summed E-state index contributed by atoms with van der Waals surface area (Å²) >= 11 is 0. The first-order chi connectivity index (χ1) is 6.00. The van der Waals surface area contributed by atoms with E-state index in [4.69, 9.17) is 0 Å². The van der Waals surface area contributed by atoms with Crippen LogP contribution >= 0.6 is 0 Å². The van der Waals surface area contributed by atoms with Gasteiger partial charge in [0.15, 0.2) is 0 Å². The van der Waals surface area contributed by atoms with Gasteiger partial charge in [0, 0.05) is 0 Å². The Morgan fingerprint density at radius 1 is 0.500 bits per heavy atom. The van der Waals surface area contributed by atoms with Crippen LogP contribution < -0.4 is 0 Å². The fourth-order valence-corrected chi connectivity index (χ4v) is 1.30. The summed E-state index contributed by atoms with van der Waals surface area (Å²) in [7, 11) is 0. The molecule has 1 rings (SSSR count). The normalized spacial score (nSPS) is 25.3. The molecule has 0 unspecified atom stereocenters. The van der Waals surface area contributed by atoms with Crippen LogP contribution in [0.25, 0.3) is 0 Å². The highest BCUT2D eigenvalue weighted by atomic mass is 13.9. The maximum Gasteiger partial charge on any atom is -0.0169 e. The molecule has 0 aromatic heterocycles. The maximum atomic E-state index is 2.30. The van der Waals surface area contributed by atoms with Crippen LogP contribution in [0.15, 0.2) is 36.5 Å². The van der Waals surface area contributed by atoms with Crippen molar-refractivity contribution in [3.05, 3.63) is 36.5 Å². The van der Waals surface area contributed by atoms with Gasteiger partial charge in [0.1, 0.15) is 0 Å². The molecular weight excluding hydrogens is 144 g/mol. The summed E-state index contributed by atoms with van der Waals surface area (Å²) in [5.41, 5.74) is 0. The minimum absolute atomic E-state index is 1.10. The number of hydrogen-bond acceptors (Lipinski definition) is 0. The lowest BCUT2D eigenvalue weighted by Gasteiger charge is -1.94. The highest BCUT2D eigenvalue weighted by molar-refractivity contribution is 4.97. The summed E-state index contributed by atoms with van der Waals surface area (Å²) in [6.45, 7) is 0. The molecule has 0 aliphatic heterocycles. The second-order valence-electron chi connectivity index (χ2n) is 3.17. The number of hydrogen-bond donors (Lipinski definition) is 0. The topological polar surface area (TPSA) is 0 Å². The van der Waals surface area contributed by atoms with Crippen LogP contribution in [-0.2, 0) is 0 Å². The highest BCUT2D eigenvalue weighted by Gasteiger charge is 1.84. The van der Waals surface area contributed by atoms with Gasteiger partial charge in [-0.15, -0.1) is 0 Å². The van der Waals surface area contributed by atoms with E-state index >= 15 is 0 Å². The zero-order valence-electron chi connectivity index (χ0n) is 7.71. The fraction of sp³-hybridized carbons (Fsp3) is 0.500. The third kappa shape index (κ3) is 4.95. The molecule has 0 N–H and O–H groups in total. The fourth-order valence-electron chi connectivity index (χ4n) is 1.30. The van der Waals surface area contributed by atoms with Crippen LogP contribution in [0.4, 0.5) is 0 Å². The summed E-state index contributed by atoms with van der Waals surface area (Å²) < 4.78 is 0. The first kappa shape index (κ1) is 9.31. The van der Waals surface area contributed by atoms with Gasteiger partial charge < -0.3 is 0 Å². The van der Waals surface area contributed by atoms with Gasteiger partial charge in [0.05, 0.1) is 0 Å². The standard InChI is InChI=1S/C12H18/c1-2-4-6-8-10-12-11-9-7-5-3-1/h1-2,5-8H,3-4,9-12H2/b2-1?,7-5-,8-6-. The second kappa shape index (κ2) is 6.90. The zero-order chi connectivity index (χ0) is 8.49. The average molecular weight is 162 g/mol. The van der Waals surface area contributed by atoms with Crippen molar-refractivity contribution in [1.82, 2.24) is 0 Å². The molecule has 0 spiro atoms. The molecule has 0 heteroatoms. The van der Waals surface area contributed by atoms with Crippen LogP contribution in [0, 0.1) is 0 Å². The van der Waals surface area contributed by atoms with Gasteiger partial charge >= 0.3 is 0 Å². The van der Waals surface area contributed by atoms with Crippen molar-refractivity contribution in [1.29, 1.82) is 0 Å². The Hall–Kier alpha value is -0.780. The van der Waals surface area contributed by atoms with Gasteiger partial charge in [-0.05, 0) is 38.5 Å². The second-order valence-corrected chi connectivity index (χ2v) is 3.17. The number of rotatable bonds is 0. The summed E-state index contributed by atoms with van der Waals surface area (Å²) in [5, 5.41) is 0. The molecular formula is C12H18. The molecule has 66 valence electrons. The molecule has 1 aliphatic rings. The molecule has 0 fully saturated rings. The van der Waals surface area contributed by atoms with Crippen molar-refractivity contribution in [2.75, 3.05) is 0 Å². The molecule has 0 aromatic rings. The maximum absolute atomic E-state index is 2.30. The van der Waals surface area contributed by atoms with Crippen molar-refractivity contribution in [2.24, 2.45) is 0 Å². The quantitative estimate of drug-likeness (QED) is 0.472. The minimum Gasteiger partial charge on any atom is -0.0882 e. The van der Waals surface area contributed by atoms with Crippen molar-refractivity contribution < 1.29 is 0 Å². The van der Waals surface area contributed by atoms with Gasteiger partial charge in [0.2, 0.25) is 0 Å². The van der Waals surface area contributed by atoms with Gasteiger partial charge in [-0.25, -0.2) is 0 Å². The van der Waals surface area contributed by atoms with E-state index in [1.54, 1.807) is 0 Å². The molecule has 0 radical (unpaired) electrons. The molecule has 0 atom stereocenters. The Labute approximate surface area is 75.7 Å². The van der Waals surface area contributed by atoms with Crippen LogP contribution in [0.2, 0.25) is 0 Å². The Kier molecular flexibility index (Phi) is 5.35. The molecule has 0 saturated heterocycles. The van der Waals surface area contributed by atoms with E-state index in [0.717, 1.165) is 12.8 Å². The molecule has 0 saturated carbocycles. The van der Waals surface area contributed by atoms with E-state index in [1.807, 2.05) is 0 Å². The molecule has 12 heavy (non-hydrogen) atoms. The van der Waals surface area contributed by atoms with E-state index in [9.17, 15) is 0 Å². The van der Waals surface area contributed by atoms with Crippen molar-refractivity contribution in [3.63, 3.8) is 0 Å². The summed E-state index contributed by atoms with van der Waals surface area (Å²) in [6.07, 6.45) is 21.0. The summed E-state index contributed by atoms with van der Waals surface area (Å²) in [4.78, 5) is 0. The van der Waals surface area contributed by atoms with E-state index in [1.165, 1.54) is 25.7 Å². The van der Waals surface area contributed by atoms with Crippen molar-refractivity contribution in [2.45, 2.75) is 38.5 Å². The zero-order valence-corrected chi connectivity index (χ0v) is 7.71. The Balaban J connectivity index is 2.31. The van der Waals surface area contributed by atoms with Crippen LogP contribution in [0.3, 0.4) is 0 Å². The van der Waals surface area contributed by atoms with Gasteiger partial charge in [0.25, 0.3) is 0 Å². The molecule has 0 nitrogen and oxygen atoms in total. The lowest BCUT2D eigenvalue weighted by Crippen LogP contribution is -1.73. The predicted molar refractivity (Wildman–Crippen MR) is 55.1 cm³/mol. The van der Waals surface area contributed by atoms with Crippen LogP contribution in [-0.4, -0.2) is 0 Å². The highest BCUT2D eigenvalue weighted by Crippen LogP contribution is 2.04. The van der Waals surface area contributed by atoms with Crippen molar-refractivity contribution in [3.8, 4) is 0 Å².